The maximum atomic E-state index is 15.5. The van der Waals surface area contributed by atoms with Crippen molar-refractivity contribution in [2.24, 2.45) is 0 Å². The van der Waals surface area contributed by atoms with Gasteiger partial charge in [0.25, 0.3) is 0 Å². The number of H-pyrrole nitrogens is 1. The van der Waals surface area contributed by atoms with Crippen LogP contribution >= 0.6 is 0 Å². The van der Waals surface area contributed by atoms with E-state index >= 15 is 4.39 Å². The molecule has 0 unspecified atom stereocenters. The molecule has 0 saturated carbocycles. The van der Waals surface area contributed by atoms with Crippen molar-refractivity contribution in [2.75, 3.05) is 38.7 Å². The Hall–Kier alpha value is -5.62. The number of fused-ring (bicyclic) bond motifs is 2. The topological polar surface area (TPSA) is 114 Å². The first-order chi connectivity index (χ1) is 23.5. The summed E-state index contributed by atoms with van der Waals surface area (Å²) in [6, 6.07) is 15.1. The van der Waals surface area contributed by atoms with Crippen molar-refractivity contribution < 1.29 is 23.0 Å². The van der Waals surface area contributed by atoms with E-state index in [-0.39, 0.29) is 28.3 Å². The highest BCUT2D eigenvalue weighted by Crippen LogP contribution is 2.37. The Bertz CT molecular complexity index is 2150. The lowest BCUT2D eigenvalue weighted by Gasteiger charge is -2.16. The Balaban J connectivity index is 1.10. The van der Waals surface area contributed by atoms with Crippen LogP contribution in [0, 0.1) is 11.6 Å². The molecule has 10 nitrogen and oxygen atoms in total. The summed E-state index contributed by atoms with van der Waals surface area (Å²) in [4.78, 5) is 32.0. The zero-order chi connectivity index (χ0) is 33.0. The Labute approximate surface area is 274 Å². The van der Waals surface area contributed by atoms with Crippen LogP contribution in [-0.4, -0.2) is 58.2 Å². The summed E-state index contributed by atoms with van der Waals surface area (Å²) in [6.07, 6.45) is 7.85. The molecule has 0 bridgehead atoms. The molecule has 7 rings (SSSR count). The summed E-state index contributed by atoms with van der Waals surface area (Å²) < 4.78 is 46.5. The second-order valence-electron chi connectivity index (χ2n) is 11.4. The van der Waals surface area contributed by atoms with Gasteiger partial charge in [-0.15, -0.1) is 0 Å². The second-order valence-corrected chi connectivity index (χ2v) is 11.4. The van der Waals surface area contributed by atoms with Crippen molar-refractivity contribution in [3.8, 4) is 34.3 Å². The number of halogens is 2. The van der Waals surface area contributed by atoms with Crippen molar-refractivity contribution in [1.82, 2.24) is 24.8 Å². The predicted molar refractivity (Wildman–Crippen MR) is 179 cm³/mol. The van der Waals surface area contributed by atoms with Gasteiger partial charge in [-0.25, -0.2) is 23.7 Å². The third-order valence-corrected chi connectivity index (χ3v) is 8.31. The average Bonchev–Trinajstić information content (AvgIpc) is 3.62. The zero-order valence-corrected chi connectivity index (χ0v) is 26.1. The summed E-state index contributed by atoms with van der Waals surface area (Å²) in [6.45, 7) is 3.81. The number of nitrogens with zero attached hydrogens (tertiary/aromatic N) is 4. The van der Waals surface area contributed by atoms with Crippen molar-refractivity contribution in [3.63, 3.8) is 0 Å². The molecule has 12 heteroatoms. The first kappa shape index (κ1) is 31.0. The molecule has 1 aliphatic heterocycles. The highest BCUT2D eigenvalue weighted by molar-refractivity contribution is 5.93. The van der Waals surface area contributed by atoms with E-state index in [4.69, 9.17) is 14.2 Å². The first-order valence-corrected chi connectivity index (χ1v) is 15.7. The van der Waals surface area contributed by atoms with E-state index in [1.165, 1.54) is 61.8 Å². The smallest absolute Gasteiger partial charge is 0.230 e. The minimum Gasteiger partial charge on any atom is -0.493 e. The van der Waals surface area contributed by atoms with Crippen molar-refractivity contribution in [2.45, 2.75) is 19.3 Å². The number of hydrogen-bond donors (Lipinski definition) is 2. The Kier molecular flexibility index (Phi) is 8.80. The van der Waals surface area contributed by atoms with Crippen molar-refractivity contribution >= 4 is 33.3 Å². The minimum atomic E-state index is -0.669. The quantitative estimate of drug-likeness (QED) is 0.140. The molecule has 0 radical (unpaired) electrons. The van der Waals surface area contributed by atoms with E-state index in [2.05, 4.69) is 30.2 Å². The van der Waals surface area contributed by atoms with Gasteiger partial charge >= 0.3 is 0 Å². The number of aromatic amines is 1. The Morgan fingerprint density at radius 3 is 2.56 bits per heavy atom. The minimum absolute atomic E-state index is 0.0657. The van der Waals surface area contributed by atoms with Gasteiger partial charge in [0.2, 0.25) is 11.3 Å². The molecule has 0 amide bonds. The summed E-state index contributed by atoms with van der Waals surface area (Å²) in [5.41, 5.74) is 2.01. The van der Waals surface area contributed by atoms with E-state index in [1.54, 1.807) is 37.6 Å². The SMILES string of the molecule is COc1cc2c(Oc3ccc(Nc4nccc5[nH]cc(-c6ccc(F)cc6)c(=O)c45)cc3F)ncnc2cc1OCCCN1CCCC1. The molecule has 244 valence electrons. The summed E-state index contributed by atoms with van der Waals surface area (Å²) >= 11 is 0. The number of nitrogens with one attached hydrogen (secondary N) is 2. The van der Waals surface area contributed by atoms with Crippen LogP contribution in [0.4, 0.5) is 20.3 Å². The highest BCUT2D eigenvalue weighted by atomic mass is 19.1. The lowest BCUT2D eigenvalue weighted by molar-refractivity contribution is 0.254. The van der Waals surface area contributed by atoms with Crippen LogP contribution in [0.25, 0.3) is 32.9 Å². The molecule has 6 aromatic rings. The predicted octanol–water partition coefficient (Wildman–Crippen LogP) is 7.22. The van der Waals surface area contributed by atoms with Crippen LogP contribution in [0.2, 0.25) is 0 Å². The molecule has 1 fully saturated rings. The lowest BCUT2D eigenvalue weighted by Crippen LogP contribution is -2.21. The number of benzene rings is 3. The second kappa shape index (κ2) is 13.6. The number of ether oxygens (including phenoxy) is 3. The normalized spacial score (nSPS) is 13.2. The molecule has 0 atom stereocenters. The first-order valence-electron chi connectivity index (χ1n) is 15.7. The molecule has 1 aliphatic rings. The number of aromatic nitrogens is 4. The number of likely N-dealkylation sites (tertiary alicyclic amines) is 1. The monoisotopic (exact) mass is 650 g/mol. The molecule has 3 aromatic carbocycles. The van der Waals surface area contributed by atoms with Crippen LogP contribution < -0.4 is 25.0 Å². The zero-order valence-electron chi connectivity index (χ0n) is 26.1. The number of methoxy groups -OCH3 is 1. The lowest BCUT2D eigenvalue weighted by atomic mass is 10.0. The standard InChI is InChI=1S/C36H32F2N6O4/c1-46-31-18-25-29(19-32(31)47-16-4-15-44-13-2-3-14-44)41-21-42-36(25)48-30-10-9-24(17-27(30)38)43-35-33-28(11-12-39-35)40-20-26(34(33)45)22-5-7-23(37)8-6-22/h5-12,17-21H,2-4,13-16H2,1H3,(H,39,43)(H,40,45). The van der Waals surface area contributed by atoms with Crippen LogP contribution in [0.5, 0.6) is 23.1 Å². The van der Waals surface area contributed by atoms with Crippen LogP contribution in [0.3, 0.4) is 0 Å². The maximum absolute atomic E-state index is 15.5. The van der Waals surface area contributed by atoms with E-state index < -0.39 is 11.6 Å². The number of hydrogen-bond acceptors (Lipinski definition) is 9. The molecule has 2 N–H and O–H groups in total. The van der Waals surface area contributed by atoms with Crippen molar-refractivity contribution in [1.29, 1.82) is 0 Å². The fraction of sp³-hybridized carbons (Fsp3) is 0.222. The molecular weight excluding hydrogens is 618 g/mol. The van der Waals surface area contributed by atoms with Gasteiger partial charge in [-0.3, -0.25) is 4.79 Å². The molecule has 48 heavy (non-hydrogen) atoms. The number of pyridine rings is 2. The molecular formula is C36H32F2N6O4. The van der Waals surface area contributed by atoms with Gasteiger partial charge in [0.05, 0.1) is 35.5 Å². The van der Waals surface area contributed by atoms with E-state index in [9.17, 15) is 9.18 Å². The van der Waals surface area contributed by atoms with Gasteiger partial charge in [-0.05, 0) is 74.3 Å². The molecule has 0 aliphatic carbocycles. The molecule has 1 saturated heterocycles. The third kappa shape index (κ3) is 6.47. The number of rotatable bonds is 11. The fourth-order valence-corrected chi connectivity index (χ4v) is 5.87. The highest BCUT2D eigenvalue weighted by Gasteiger charge is 2.17. The van der Waals surface area contributed by atoms with E-state index in [0.29, 0.717) is 51.3 Å². The van der Waals surface area contributed by atoms with Gasteiger partial charge in [0, 0.05) is 42.3 Å². The van der Waals surface area contributed by atoms with Gasteiger partial charge in [0.15, 0.2) is 23.1 Å². The summed E-state index contributed by atoms with van der Waals surface area (Å²) in [5, 5.41) is 3.85. The van der Waals surface area contributed by atoms with Crippen LogP contribution in [0.15, 0.2) is 84.2 Å². The van der Waals surface area contributed by atoms with Crippen LogP contribution in [-0.2, 0) is 0 Å². The largest absolute Gasteiger partial charge is 0.493 e. The van der Waals surface area contributed by atoms with E-state index in [1.807, 2.05) is 0 Å². The van der Waals surface area contributed by atoms with Crippen LogP contribution in [0.1, 0.15) is 19.3 Å². The van der Waals surface area contributed by atoms with Gasteiger partial charge in [-0.2, -0.15) is 0 Å². The van der Waals surface area contributed by atoms with Crippen molar-refractivity contribution in [3.05, 3.63) is 101 Å². The average molecular weight is 651 g/mol. The molecule has 4 heterocycles. The fourth-order valence-electron chi connectivity index (χ4n) is 5.87. The Morgan fingerprint density at radius 2 is 1.77 bits per heavy atom. The Morgan fingerprint density at radius 1 is 0.938 bits per heavy atom. The van der Waals surface area contributed by atoms with Gasteiger partial charge in [0.1, 0.15) is 18.0 Å². The van der Waals surface area contributed by atoms with Gasteiger partial charge < -0.3 is 29.4 Å². The third-order valence-electron chi connectivity index (χ3n) is 8.31. The molecule has 0 spiro atoms. The maximum Gasteiger partial charge on any atom is 0.230 e. The summed E-state index contributed by atoms with van der Waals surface area (Å²) in [7, 11) is 1.55. The molecule has 3 aromatic heterocycles. The van der Waals surface area contributed by atoms with Gasteiger partial charge in [-0.1, -0.05) is 12.1 Å². The van der Waals surface area contributed by atoms with E-state index in [0.717, 1.165) is 26.1 Å². The summed E-state index contributed by atoms with van der Waals surface area (Å²) in [5.74, 6) is 0.288. The number of anilines is 2.